The van der Waals surface area contributed by atoms with Gasteiger partial charge in [-0.25, -0.2) is 0 Å². The molecule has 31 heavy (non-hydrogen) atoms. The Morgan fingerprint density at radius 2 is 1.81 bits per heavy atom. The maximum atomic E-state index is 11.8. The Morgan fingerprint density at radius 3 is 2.58 bits per heavy atom. The molecule has 2 aromatic carbocycles. The van der Waals surface area contributed by atoms with Crippen molar-refractivity contribution in [3.63, 3.8) is 0 Å². The van der Waals surface area contributed by atoms with E-state index in [2.05, 4.69) is 23.1 Å². The van der Waals surface area contributed by atoms with Crippen molar-refractivity contribution in [2.24, 2.45) is 0 Å². The van der Waals surface area contributed by atoms with Gasteiger partial charge in [-0.05, 0) is 53.6 Å². The van der Waals surface area contributed by atoms with E-state index in [0.29, 0.717) is 12.0 Å². The van der Waals surface area contributed by atoms with Crippen LogP contribution in [0.3, 0.4) is 0 Å². The highest BCUT2D eigenvalue weighted by molar-refractivity contribution is 7.85. The van der Waals surface area contributed by atoms with E-state index < -0.39 is 27.4 Å². The number of morpholine rings is 1. The minimum atomic E-state index is -4.19. The maximum Gasteiger partial charge on any atom is 0.269 e. The van der Waals surface area contributed by atoms with Crippen molar-refractivity contribution in [1.29, 1.82) is 0 Å². The van der Waals surface area contributed by atoms with E-state index in [1.807, 2.05) is 18.2 Å². The van der Waals surface area contributed by atoms with Gasteiger partial charge in [0.1, 0.15) is 5.75 Å². The number of ether oxygens (including phenoxy) is 1. The molecule has 6 rings (SSSR count). The number of aliphatic hydroxyl groups excluding tert-OH is 1. The molecule has 0 radical (unpaired) electrons. The molecule has 0 saturated carbocycles. The first-order valence-corrected chi connectivity index (χ1v) is 12.7. The van der Waals surface area contributed by atoms with E-state index in [4.69, 9.17) is 4.74 Å². The molecule has 6 nitrogen and oxygen atoms in total. The second-order valence-corrected chi connectivity index (χ2v) is 10.5. The van der Waals surface area contributed by atoms with Gasteiger partial charge in [0.05, 0.1) is 19.3 Å². The Labute approximate surface area is 183 Å². The Bertz CT molecular complexity index is 1080. The second kappa shape index (κ2) is 7.98. The Morgan fingerprint density at radius 1 is 1.06 bits per heavy atom. The monoisotopic (exact) mass is 443 g/mol. The van der Waals surface area contributed by atoms with Gasteiger partial charge in [0.2, 0.25) is 0 Å². The molecule has 0 amide bonds. The van der Waals surface area contributed by atoms with Crippen LogP contribution < -0.4 is 0 Å². The van der Waals surface area contributed by atoms with Crippen LogP contribution in [-0.2, 0) is 26.0 Å². The minimum Gasteiger partial charge on any atom is -0.392 e. The van der Waals surface area contributed by atoms with Crippen LogP contribution in [0.1, 0.15) is 53.0 Å². The zero-order valence-electron chi connectivity index (χ0n) is 17.5. The molecule has 2 N–H and O–H groups in total. The van der Waals surface area contributed by atoms with Gasteiger partial charge in [-0.15, -0.1) is 0 Å². The lowest BCUT2D eigenvalue weighted by atomic mass is 9.51. The molecule has 1 saturated heterocycles. The summed E-state index contributed by atoms with van der Waals surface area (Å²) in [5, 5.41) is 11.5. The summed E-state index contributed by atoms with van der Waals surface area (Å²) in [4.78, 5) is 2.39. The summed E-state index contributed by atoms with van der Waals surface area (Å²) in [6, 6.07) is 14.0. The summed E-state index contributed by atoms with van der Waals surface area (Å²) >= 11 is 0. The lowest BCUT2D eigenvalue weighted by molar-refractivity contribution is 0.0313. The molecule has 1 aliphatic heterocycles. The third-order valence-electron chi connectivity index (χ3n) is 7.34. The van der Waals surface area contributed by atoms with Crippen molar-refractivity contribution in [2.45, 2.75) is 42.5 Å². The number of fused-ring (bicyclic) bond motifs is 1. The summed E-state index contributed by atoms with van der Waals surface area (Å²) < 4.78 is 38.7. The van der Waals surface area contributed by atoms with Crippen LogP contribution in [-0.4, -0.2) is 61.9 Å². The molecule has 0 aromatic heterocycles. The summed E-state index contributed by atoms with van der Waals surface area (Å²) in [7, 11) is -4.19. The Kier molecular flexibility index (Phi) is 5.43. The average Bonchev–Trinajstić information content (AvgIpc) is 2.75. The normalized spacial score (nSPS) is 27.7. The van der Waals surface area contributed by atoms with E-state index in [1.165, 1.54) is 5.56 Å². The Balaban J connectivity index is 1.59. The fourth-order valence-electron chi connectivity index (χ4n) is 6.14. The van der Waals surface area contributed by atoms with Crippen LogP contribution in [0.25, 0.3) is 0 Å². The average molecular weight is 444 g/mol. The van der Waals surface area contributed by atoms with Crippen molar-refractivity contribution in [1.82, 2.24) is 4.90 Å². The highest BCUT2D eigenvalue weighted by Gasteiger charge is 2.54. The number of nitrogens with zero attached hydrogens (tertiary/aromatic N) is 1. The lowest BCUT2D eigenvalue weighted by Crippen LogP contribution is -2.51. The standard InChI is InChI=1S/C24H29NO5S/c26-22-15-20-18-6-1-2-8-21(18)24(22,9-4-10-25-11-13-30-14-12-25)23-17(16-31(27,28)29)5-3-7-19(20)23/h1-3,5-8,20,22,26H,4,9-16H2,(H,27,28,29). The summed E-state index contributed by atoms with van der Waals surface area (Å²) in [5.74, 6) is -0.383. The van der Waals surface area contributed by atoms with Crippen molar-refractivity contribution < 1.29 is 22.8 Å². The zero-order valence-corrected chi connectivity index (χ0v) is 18.4. The van der Waals surface area contributed by atoms with E-state index >= 15 is 0 Å². The molecule has 7 heteroatoms. The highest BCUT2D eigenvalue weighted by Crippen LogP contribution is 2.59. The lowest BCUT2D eigenvalue weighted by Gasteiger charge is -2.53. The summed E-state index contributed by atoms with van der Waals surface area (Å²) in [6.45, 7) is 4.25. The van der Waals surface area contributed by atoms with Crippen LogP contribution in [0.5, 0.6) is 0 Å². The number of rotatable bonds is 6. The number of aliphatic hydroxyl groups is 1. The third-order valence-corrected chi connectivity index (χ3v) is 8.01. The first kappa shape index (κ1) is 21.1. The fraction of sp³-hybridized carbons (Fsp3) is 0.500. The Hall–Kier alpha value is -1.77. The SMILES string of the molecule is O=S(=O)(O)Cc1cccc2c1C1(CCCN3CCOCC3)c3ccccc3C2CC1O. The van der Waals surface area contributed by atoms with Gasteiger partial charge < -0.3 is 9.84 Å². The smallest absolute Gasteiger partial charge is 0.269 e. The summed E-state index contributed by atoms with van der Waals surface area (Å²) in [5.41, 5.74) is 4.29. The molecular formula is C24H29NO5S. The van der Waals surface area contributed by atoms with Crippen molar-refractivity contribution in [3.05, 3.63) is 70.3 Å². The van der Waals surface area contributed by atoms with Crippen LogP contribution in [0.15, 0.2) is 42.5 Å². The molecular weight excluding hydrogens is 414 g/mol. The van der Waals surface area contributed by atoms with Crippen LogP contribution in [0, 0.1) is 0 Å². The summed E-state index contributed by atoms with van der Waals surface area (Å²) in [6.07, 6.45) is 1.66. The maximum absolute atomic E-state index is 11.8. The van der Waals surface area contributed by atoms with Gasteiger partial charge in [-0.2, -0.15) is 8.42 Å². The fourth-order valence-corrected chi connectivity index (χ4v) is 6.77. The molecule has 166 valence electrons. The predicted molar refractivity (Wildman–Crippen MR) is 118 cm³/mol. The van der Waals surface area contributed by atoms with Crippen LogP contribution in [0.4, 0.5) is 0 Å². The minimum absolute atomic E-state index is 0.0451. The van der Waals surface area contributed by atoms with E-state index in [9.17, 15) is 18.1 Å². The van der Waals surface area contributed by atoms with Crippen LogP contribution >= 0.6 is 0 Å². The predicted octanol–water partition coefficient (Wildman–Crippen LogP) is 2.68. The van der Waals surface area contributed by atoms with Crippen molar-refractivity contribution in [2.75, 3.05) is 32.8 Å². The molecule has 4 aliphatic rings. The first-order valence-electron chi connectivity index (χ1n) is 11.0. The van der Waals surface area contributed by atoms with E-state index in [1.54, 1.807) is 6.07 Å². The number of hydrogen-bond acceptors (Lipinski definition) is 5. The third kappa shape index (κ3) is 3.62. The molecule has 3 atom stereocenters. The van der Waals surface area contributed by atoms with Gasteiger partial charge in [0, 0.05) is 24.4 Å². The van der Waals surface area contributed by atoms with Crippen molar-refractivity contribution >= 4 is 10.1 Å². The highest BCUT2D eigenvalue weighted by atomic mass is 32.2. The van der Waals surface area contributed by atoms with Gasteiger partial charge in [0.15, 0.2) is 0 Å². The molecule has 2 bridgehead atoms. The molecule has 2 aromatic rings. The van der Waals surface area contributed by atoms with E-state index in [0.717, 1.165) is 62.4 Å². The van der Waals surface area contributed by atoms with E-state index in [-0.39, 0.29) is 5.92 Å². The molecule has 3 unspecified atom stereocenters. The number of hydrogen-bond donors (Lipinski definition) is 2. The topological polar surface area (TPSA) is 87.1 Å². The van der Waals surface area contributed by atoms with Gasteiger partial charge in [-0.1, -0.05) is 42.5 Å². The molecule has 1 fully saturated rings. The van der Waals surface area contributed by atoms with Gasteiger partial charge in [-0.3, -0.25) is 9.45 Å². The molecule has 1 heterocycles. The molecule has 3 aliphatic carbocycles. The quantitative estimate of drug-likeness (QED) is 0.668. The zero-order chi connectivity index (χ0) is 21.6. The van der Waals surface area contributed by atoms with Gasteiger partial charge >= 0.3 is 0 Å². The van der Waals surface area contributed by atoms with Gasteiger partial charge in [0.25, 0.3) is 10.1 Å². The van der Waals surface area contributed by atoms with Crippen LogP contribution in [0.2, 0.25) is 0 Å². The largest absolute Gasteiger partial charge is 0.392 e. The number of benzene rings is 2. The first-order chi connectivity index (χ1) is 14.9. The van der Waals surface area contributed by atoms with Crippen molar-refractivity contribution in [3.8, 4) is 0 Å². The second-order valence-electron chi connectivity index (χ2n) is 9.03. The molecule has 0 spiro atoms.